The van der Waals surface area contributed by atoms with Gasteiger partial charge < -0.3 is 14.8 Å². The van der Waals surface area contributed by atoms with Crippen LogP contribution in [0.25, 0.3) is 10.8 Å². The molecule has 0 saturated heterocycles. The second-order valence-electron chi connectivity index (χ2n) is 6.07. The van der Waals surface area contributed by atoms with E-state index in [1.54, 1.807) is 13.8 Å². The van der Waals surface area contributed by atoms with Gasteiger partial charge in [-0.1, -0.05) is 12.1 Å². The van der Waals surface area contributed by atoms with E-state index >= 15 is 0 Å². The van der Waals surface area contributed by atoms with Crippen molar-refractivity contribution >= 4 is 10.8 Å². The molecule has 3 rings (SSSR count). The van der Waals surface area contributed by atoms with E-state index in [-0.39, 0.29) is 11.7 Å². The maximum atomic E-state index is 12.2. The Morgan fingerprint density at radius 3 is 2.85 bits per heavy atom. The van der Waals surface area contributed by atoms with Crippen molar-refractivity contribution in [3.05, 3.63) is 45.4 Å². The Balaban J connectivity index is 2.21. The molecule has 1 aromatic heterocycles. The zero-order chi connectivity index (χ0) is 14.5. The molecule has 2 aromatic rings. The van der Waals surface area contributed by atoms with Gasteiger partial charge in [-0.2, -0.15) is 0 Å². The van der Waals surface area contributed by atoms with Crippen molar-refractivity contribution in [1.82, 2.24) is 4.98 Å². The molecule has 0 spiro atoms. The number of benzene rings is 1. The summed E-state index contributed by atoms with van der Waals surface area (Å²) in [7, 11) is 0. The summed E-state index contributed by atoms with van der Waals surface area (Å²) in [6.45, 7) is 5.88. The lowest BCUT2D eigenvalue weighted by Crippen LogP contribution is -2.42. The fraction of sp³-hybridized carbons (Fsp3) is 0.438. The van der Waals surface area contributed by atoms with Gasteiger partial charge in [-0.05, 0) is 37.8 Å². The van der Waals surface area contributed by atoms with Crippen LogP contribution >= 0.6 is 0 Å². The van der Waals surface area contributed by atoms with Crippen LogP contribution < -0.4 is 5.56 Å². The van der Waals surface area contributed by atoms with Gasteiger partial charge in [0.1, 0.15) is 0 Å². The summed E-state index contributed by atoms with van der Waals surface area (Å²) >= 11 is 0. The molecule has 1 aliphatic heterocycles. The van der Waals surface area contributed by atoms with E-state index in [2.05, 4.69) is 4.98 Å². The molecule has 1 unspecified atom stereocenters. The molecule has 106 valence electrons. The smallest absolute Gasteiger partial charge is 0.256 e. The highest BCUT2D eigenvalue weighted by Crippen LogP contribution is 2.30. The molecule has 0 fully saturated rings. The highest BCUT2D eigenvalue weighted by molar-refractivity contribution is 5.88. The van der Waals surface area contributed by atoms with Crippen LogP contribution in [0.4, 0.5) is 0 Å². The average molecular weight is 273 g/mol. The zero-order valence-corrected chi connectivity index (χ0v) is 12.0. The van der Waals surface area contributed by atoms with Crippen molar-refractivity contribution in [3.63, 3.8) is 0 Å². The van der Waals surface area contributed by atoms with E-state index in [0.29, 0.717) is 18.4 Å². The predicted molar refractivity (Wildman–Crippen MR) is 77.9 cm³/mol. The van der Waals surface area contributed by atoms with Gasteiger partial charge in [0.25, 0.3) is 5.56 Å². The van der Waals surface area contributed by atoms with Crippen LogP contribution in [0.3, 0.4) is 0 Å². The fourth-order valence-electron chi connectivity index (χ4n) is 2.90. The molecule has 0 bridgehead atoms. The molecule has 1 atom stereocenters. The maximum absolute atomic E-state index is 12.2. The van der Waals surface area contributed by atoms with Crippen LogP contribution in [0.5, 0.6) is 0 Å². The van der Waals surface area contributed by atoms with Gasteiger partial charge in [0.2, 0.25) is 0 Å². The van der Waals surface area contributed by atoms with E-state index < -0.39 is 5.60 Å². The van der Waals surface area contributed by atoms with Crippen molar-refractivity contribution < 1.29 is 9.84 Å². The molecule has 2 heterocycles. The number of aliphatic hydroxyl groups is 1. The highest BCUT2D eigenvalue weighted by Gasteiger charge is 2.33. The predicted octanol–water partition coefficient (Wildman–Crippen LogP) is 2.05. The number of pyridine rings is 1. The number of H-pyrrole nitrogens is 1. The van der Waals surface area contributed by atoms with Gasteiger partial charge >= 0.3 is 0 Å². The first-order valence-electron chi connectivity index (χ1n) is 6.85. The third-order valence-corrected chi connectivity index (χ3v) is 4.05. The lowest BCUT2D eigenvalue weighted by Gasteiger charge is -2.34. The Kier molecular flexibility index (Phi) is 2.96. The van der Waals surface area contributed by atoms with E-state index in [4.69, 9.17) is 4.74 Å². The van der Waals surface area contributed by atoms with Crippen molar-refractivity contribution in [2.75, 3.05) is 0 Å². The molecular weight excluding hydrogens is 254 g/mol. The molecule has 1 aliphatic rings. The van der Waals surface area contributed by atoms with E-state index in [1.807, 2.05) is 25.1 Å². The topological polar surface area (TPSA) is 62.3 Å². The summed E-state index contributed by atoms with van der Waals surface area (Å²) in [4.78, 5) is 15.2. The van der Waals surface area contributed by atoms with Gasteiger partial charge in [-0.25, -0.2) is 0 Å². The van der Waals surface area contributed by atoms with Gasteiger partial charge in [0.15, 0.2) is 0 Å². The van der Waals surface area contributed by atoms with Crippen LogP contribution in [0, 0.1) is 6.92 Å². The molecule has 0 radical (unpaired) electrons. The lowest BCUT2D eigenvalue weighted by molar-refractivity contribution is -0.101. The highest BCUT2D eigenvalue weighted by atomic mass is 16.5. The minimum atomic E-state index is -0.921. The molecule has 1 aromatic carbocycles. The first-order chi connectivity index (χ1) is 9.38. The third kappa shape index (κ3) is 2.05. The first kappa shape index (κ1) is 13.3. The van der Waals surface area contributed by atoms with Crippen LogP contribution in [0.15, 0.2) is 23.0 Å². The minimum Gasteiger partial charge on any atom is -0.388 e. The summed E-state index contributed by atoms with van der Waals surface area (Å²) in [5, 5.41) is 11.8. The van der Waals surface area contributed by atoms with Gasteiger partial charge in [-0.15, -0.1) is 0 Å². The fourth-order valence-corrected chi connectivity index (χ4v) is 2.90. The lowest BCUT2D eigenvalue weighted by atomic mass is 9.90. The number of ether oxygens (including phenoxy) is 1. The van der Waals surface area contributed by atoms with Crippen molar-refractivity contribution in [2.45, 2.75) is 45.5 Å². The normalized spacial score (nSPS) is 19.1. The number of hydrogen-bond donors (Lipinski definition) is 2. The van der Waals surface area contributed by atoms with Crippen LogP contribution in [-0.2, 0) is 17.8 Å². The SMILES string of the molecule is Cc1cccc2c(=O)[nH]c3c(c12)COC(C(C)(C)O)C3. The van der Waals surface area contributed by atoms with E-state index in [9.17, 15) is 9.90 Å². The van der Waals surface area contributed by atoms with Gasteiger partial charge in [-0.3, -0.25) is 4.79 Å². The van der Waals surface area contributed by atoms with Gasteiger partial charge in [0, 0.05) is 23.1 Å². The third-order valence-electron chi connectivity index (χ3n) is 4.05. The summed E-state index contributed by atoms with van der Waals surface area (Å²) in [6.07, 6.45) is 0.227. The summed E-state index contributed by atoms with van der Waals surface area (Å²) < 4.78 is 5.80. The van der Waals surface area contributed by atoms with Crippen molar-refractivity contribution in [1.29, 1.82) is 0 Å². The van der Waals surface area contributed by atoms with Crippen molar-refractivity contribution in [3.8, 4) is 0 Å². The molecule has 20 heavy (non-hydrogen) atoms. The second-order valence-corrected chi connectivity index (χ2v) is 6.07. The number of hydrogen-bond acceptors (Lipinski definition) is 3. The Labute approximate surface area is 117 Å². The average Bonchev–Trinajstić information content (AvgIpc) is 2.37. The summed E-state index contributed by atoms with van der Waals surface area (Å²) in [6, 6.07) is 5.73. The van der Waals surface area contributed by atoms with E-state index in [1.165, 1.54) is 0 Å². The summed E-state index contributed by atoms with van der Waals surface area (Å²) in [5.41, 5.74) is 2.01. The number of rotatable bonds is 1. The van der Waals surface area contributed by atoms with Crippen molar-refractivity contribution in [2.24, 2.45) is 0 Å². The Morgan fingerprint density at radius 2 is 2.15 bits per heavy atom. The largest absolute Gasteiger partial charge is 0.388 e. The Hall–Kier alpha value is -1.65. The molecule has 2 N–H and O–H groups in total. The monoisotopic (exact) mass is 273 g/mol. The minimum absolute atomic E-state index is 0.0705. The number of aryl methyl sites for hydroxylation is 1. The van der Waals surface area contributed by atoms with Crippen LogP contribution in [-0.4, -0.2) is 21.8 Å². The maximum Gasteiger partial charge on any atom is 0.256 e. The standard InChI is InChI=1S/C16H19NO3/c1-9-5-4-6-10-14(9)11-8-20-13(16(2,3)19)7-12(11)17-15(10)18/h4-6,13,19H,7-8H2,1-3H3,(H,17,18). The Bertz CT molecular complexity index is 725. The van der Waals surface area contributed by atoms with Crippen LogP contribution in [0.1, 0.15) is 30.7 Å². The van der Waals surface area contributed by atoms with Gasteiger partial charge in [0.05, 0.1) is 18.3 Å². The molecule has 0 aliphatic carbocycles. The number of nitrogens with one attached hydrogen (secondary N) is 1. The summed E-state index contributed by atoms with van der Waals surface area (Å²) in [5.74, 6) is 0. The first-order valence-corrected chi connectivity index (χ1v) is 6.85. The number of aromatic nitrogens is 1. The zero-order valence-electron chi connectivity index (χ0n) is 12.0. The molecular formula is C16H19NO3. The molecule has 4 nitrogen and oxygen atoms in total. The van der Waals surface area contributed by atoms with E-state index in [0.717, 1.165) is 22.2 Å². The Morgan fingerprint density at radius 1 is 1.40 bits per heavy atom. The second kappa shape index (κ2) is 4.43. The van der Waals surface area contributed by atoms with Crippen LogP contribution in [0.2, 0.25) is 0 Å². The molecule has 0 saturated carbocycles. The quantitative estimate of drug-likeness (QED) is 0.836. The number of fused-ring (bicyclic) bond motifs is 3. The molecule has 4 heteroatoms. The number of aromatic amines is 1. The molecule has 0 amide bonds.